The van der Waals surface area contributed by atoms with E-state index in [0.29, 0.717) is 38.3 Å². The maximum absolute atomic E-state index is 13.6. The molecule has 1 heterocycles. The van der Waals surface area contributed by atoms with Gasteiger partial charge in [-0.2, -0.15) is 0 Å². The number of carbonyl (C=O) groups excluding carboxylic acids is 1. The Morgan fingerprint density at radius 1 is 1.10 bits per heavy atom. The summed E-state index contributed by atoms with van der Waals surface area (Å²) in [6.45, 7) is 3.29. The highest BCUT2D eigenvalue weighted by atomic mass is 16.5. The summed E-state index contributed by atoms with van der Waals surface area (Å²) in [5.41, 5.74) is 2.59. The summed E-state index contributed by atoms with van der Waals surface area (Å²) in [5.74, 6) is -0.426. The molecule has 2 aromatic rings. The maximum atomic E-state index is 13.6. The molecule has 1 fully saturated rings. The van der Waals surface area contributed by atoms with Gasteiger partial charge in [-0.3, -0.25) is 4.79 Å². The highest BCUT2D eigenvalue weighted by Crippen LogP contribution is 2.38. The standard InChI is InChI=1S/C23H27NO5/c1-17-5-3-4-6-20(17)23(11-13-28-14-12-23)22(27)24(2)15-18-7-9-19(10-8-18)29-16-21(25)26/h3-10H,11-16H2,1-2H3,(H,25,26). The molecule has 0 unspecified atom stereocenters. The summed E-state index contributed by atoms with van der Waals surface area (Å²) < 4.78 is 10.7. The van der Waals surface area contributed by atoms with Gasteiger partial charge in [0, 0.05) is 26.8 Å². The van der Waals surface area contributed by atoms with E-state index in [1.807, 2.05) is 31.3 Å². The second kappa shape index (κ2) is 9.09. The number of aliphatic carboxylic acids is 1. The first kappa shape index (κ1) is 20.9. The van der Waals surface area contributed by atoms with Crippen LogP contribution in [0.2, 0.25) is 0 Å². The first-order valence-electron chi connectivity index (χ1n) is 9.75. The largest absolute Gasteiger partial charge is 0.482 e. The van der Waals surface area contributed by atoms with Crippen LogP contribution in [0.5, 0.6) is 5.75 Å². The lowest BCUT2D eigenvalue weighted by atomic mass is 9.71. The zero-order valence-electron chi connectivity index (χ0n) is 16.9. The van der Waals surface area contributed by atoms with E-state index in [4.69, 9.17) is 14.6 Å². The minimum atomic E-state index is -1.02. The van der Waals surface area contributed by atoms with Crippen LogP contribution in [-0.2, 0) is 26.3 Å². The molecule has 6 nitrogen and oxygen atoms in total. The second-order valence-electron chi connectivity index (χ2n) is 7.50. The molecule has 154 valence electrons. The van der Waals surface area contributed by atoms with Gasteiger partial charge in [-0.1, -0.05) is 36.4 Å². The number of amides is 1. The van der Waals surface area contributed by atoms with E-state index in [1.54, 1.807) is 17.0 Å². The molecule has 0 aromatic heterocycles. The Labute approximate surface area is 171 Å². The molecule has 0 spiro atoms. The minimum absolute atomic E-state index is 0.0984. The van der Waals surface area contributed by atoms with Gasteiger partial charge in [0.05, 0.1) is 5.41 Å². The Kier molecular flexibility index (Phi) is 6.54. The van der Waals surface area contributed by atoms with Crippen LogP contribution in [0.1, 0.15) is 29.5 Å². The summed E-state index contributed by atoms with van der Waals surface area (Å²) in [7, 11) is 1.83. The zero-order valence-corrected chi connectivity index (χ0v) is 16.9. The predicted molar refractivity (Wildman–Crippen MR) is 109 cm³/mol. The van der Waals surface area contributed by atoms with Gasteiger partial charge in [-0.15, -0.1) is 0 Å². The highest BCUT2D eigenvalue weighted by molar-refractivity contribution is 5.88. The van der Waals surface area contributed by atoms with Gasteiger partial charge in [0.2, 0.25) is 5.91 Å². The van der Waals surface area contributed by atoms with Crippen LogP contribution >= 0.6 is 0 Å². The van der Waals surface area contributed by atoms with Crippen LogP contribution in [0.3, 0.4) is 0 Å². The first-order chi connectivity index (χ1) is 13.9. The molecule has 1 amide bonds. The average molecular weight is 397 g/mol. The van der Waals surface area contributed by atoms with Crippen molar-refractivity contribution in [2.75, 3.05) is 26.9 Å². The fourth-order valence-corrected chi connectivity index (χ4v) is 3.98. The highest BCUT2D eigenvalue weighted by Gasteiger charge is 2.44. The van der Waals surface area contributed by atoms with Gasteiger partial charge in [0.25, 0.3) is 0 Å². The normalized spacial score (nSPS) is 15.5. The van der Waals surface area contributed by atoms with Gasteiger partial charge in [0.15, 0.2) is 6.61 Å². The fraction of sp³-hybridized carbons (Fsp3) is 0.391. The number of carbonyl (C=O) groups is 2. The van der Waals surface area contributed by atoms with Crippen molar-refractivity contribution in [3.8, 4) is 5.75 Å². The first-order valence-corrected chi connectivity index (χ1v) is 9.75. The molecule has 29 heavy (non-hydrogen) atoms. The second-order valence-corrected chi connectivity index (χ2v) is 7.50. The van der Waals surface area contributed by atoms with Crippen molar-refractivity contribution in [3.63, 3.8) is 0 Å². The van der Waals surface area contributed by atoms with Gasteiger partial charge < -0.3 is 19.5 Å². The van der Waals surface area contributed by atoms with Crippen molar-refractivity contribution in [1.29, 1.82) is 0 Å². The third-order valence-corrected chi connectivity index (χ3v) is 5.47. The van der Waals surface area contributed by atoms with E-state index in [2.05, 4.69) is 19.1 Å². The summed E-state index contributed by atoms with van der Waals surface area (Å²) in [4.78, 5) is 26.0. The van der Waals surface area contributed by atoms with Crippen molar-refractivity contribution in [2.45, 2.75) is 31.7 Å². The topological polar surface area (TPSA) is 76.1 Å². The Balaban J connectivity index is 1.76. The molecule has 0 aliphatic carbocycles. The van der Waals surface area contributed by atoms with Crippen LogP contribution in [0.25, 0.3) is 0 Å². The van der Waals surface area contributed by atoms with Crippen molar-refractivity contribution in [3.05, 3.63) is 65.2 Å². The molecular weight excluding hydrogens is 370 g/mol. The number of carboxylic acids is 1. The van der Waals surface area contributed by atoms with Crippen LogP contribution in [0.15, 0.2) is 48.5 Å². The third-order valence-electron chi connectivity index (χ3n) is 5.47. The Bertz CT molecular complexity index is 856. The van der Waals surface area contributed by atoms with Crippen LogP contribution < -0.4 is 4.74 Å². The summed E-state index contributed by atoms with van der Waals surface area (Å²) in [5, 5.41) is 8.69. The zero-order chi connectivity index (χ0) is 20.9. The molecule has 1 aliphatic rings. The van der Waals surface area contributed by atoms with Gasteiger partial charge >= 0.3 is 5.97 Å². The molecule has 1 saturated heterocycles. The number of hydrogen-bond acceptors (Lipinski definition) is 4. The lowest BCUT2D eigenvalue weighted by Crippen LogP contribution is -2.48. The Morgan fingerprint density at radius 3 is 2.38 bits per heavy atom. The molecule has 0 bridgehead atoms. The van der Waals surface area contributed by atoms with E-state index in [-0.39, 0.29) is 12.5 Å². The molecule has 1 aliphatic heterocycles. The number of carboxylic acid groups (broad SMARTS) is 1. The predicted octanol–water partition coefficient (Wildman–Crippen LogP) is 3.17. The lowest BCUT2D eigenvalue weighted by molar-refractivity contribution is -0.141. The molecule has 2 aromatic carbocycles. The molecular formula is C23H27NO5. The van der Waals surface area contributed by atoms with Crippen molar-refractivity contribution >= 4 is 11.9 Å². The number of ether oxygens (including phenoxy) is 2. The number of nitrogens with zero attached hydrogens (tertiary/aromatic N) is 1. The average Bonchev–Trinajstić information content (AvgIpc) is 2.73. The molecule has 6 heteroatoms. The van der Waals surface area contributed by atoms with Gasteiger partial charge in [-0.25, -0.2) is 4.79 Å². The minimum Gasteiger partial charge on any atom is -0.482 e. The van der Waals surface area contributed by atoms with E-state index in [9.17, 15) is 9.59 Å². The van der Waals surface area contributed by atoms with E-state index < -0.39 is 11.4 Å². The molecule has 3 rings (SSSR count). The molecule has 0 saturated carbocycles. The summed E-state index contributed by atoms with van der Waals surface area (Å²) >= 11 is 0. The molecule has 1 N–H and O–H groups in total. The number of likely N-dealkylation sites (N-methyl/N-ethyl adjacent to an activating group) is 1. The SMILES string of the molecule is Cc1ccccc1C1(C(=O)N(C)Cc2ccc(OCC(=O)O)cc2)CCOCC1. The fourth-order valence-electron chi connectivity index (χ4n) is 3.98. The summed E-state index contributed by atoms with van der Waals surface area (Å²) in [6.07, 6.45) is 1.34. The number of rotatable bonds is 7. The Hall–Kier alpha value is -2.86. The number of hydrogen-bond donors (Lipinski definition) is 1. The third kappa shape index (κ3) is 4.77. The van der Waals surface area contributed by atoms with Gasteiger partial charge in [-0.05, 0) is 48.6 Å². The van der Waals surface area contributed by atoms with Crippen molar-refractivity contribution in [1.82, 2.24) is 4.90 Å². The number of benzene rings is 2. The molecule has 0 radical (unpaired) electrons. The van der Waals surface area contributed by atoms with E-state index in [0.717, 1.165) is 16.7 Å². The smallest absolute Gasteiger partial charge is 0.341 e. The van der Waals surface area contributed by atoms with Crippen LogP contribution in [-0.4, -0.2) is 48.8 Å². The van der Waals surface area contributed by atoms with Gasteiger partial charge in [0.1, 0.15) is 5.75 Å². The van der Waals surface area contributed by atoms with Crippen LogP contribution in [0, 0.1) is 6.92 Å². The van der Waals surface area contributed by atoms with E-state index in [1.165, 1.54) is 0 Å². The lowest BCUT2D eigenvalue weighted by Gasteiger charge is -2.40. The molecule has 0 atom stereocenters. The van der Waals surface area contributed by atoms with Crippen molar-refractivity contribution in [2.24, 2.45) is 0 Å². The Morgan fingerprint density at radius 2 is 1.76 bits per heavy atom. The number of aryl methyl sites for hydroxylation is 1. The van der Waals surface area contributed by atoms with Crippen LogP contribution in [0.4, 0.5) is 0 Å². The maximum Gasteiger partial charge on any atom is 0.341 e. The summed E-state index contributed by atoms with van der Waals surface area (Å²) in [6, 6.07) is 15.2. The quantitative estimate of drug-likeness (QED) is 0.777. The van der Waals surface area contributed by atoms with Crippen molar-refractivity contribution < 1.29 is 24.2 Å². The van der Waals surface area contributed by atoms with E-state index >= 15 is 0 Å². The monoisotopic (exact) mass is 397 g/mol.